The Kier molecular flexibility index (Phi) is 5.95. The van der Waals surface area contributed by atoms with Crippen molar-refractivity contribution < 1.29 is 23.9 Å². The van der Waals surface area contributed by atoms with E-state index in [0.717, 1.165) is 43.4 Å². The van der Waals surface area contributed by atoms with Crippen molar-refractivity contribution in [2.24, 2.45) is 5.92 Å². The van der Waals surface area contributed by atoms with Gasteiger partial charge in [-0.3, -0.25) is 14.5 Å². The third-order valence-electron chi connectivity index (χ3n) is 6.56. The molecule has 2 aliphatic carbocycles. The van der Waals surface area contributed by atoms with Crippen LogP contribution in [0.5, 0.6) is 0 Å². The summed E-state index contributed by atoms with van der Waals surface area (Å²) in [4.78, 5) is 51.7. The summed E-state index contributed by atoms with van der Waals surface area (Å²) in [5.41, 5.74) is -1.94. The minimum Gasteiger partial charge on any atom is -0.464 e. The molecule has 1 saturated heterocycles. The van der Waals surface area contributed by atoms with E-state index < -0.39 is 29.0 Å². The number of amides is 4. The molecule has 0 unspecified atom stereocenters. The molecule has 0 aromatic rings. The lowest BCUT2D eigenvalue weighted by Crippen LogP contribution is -2.58. The number of esters is 1. The molecule has 8 nitrogen and oxygen atoms in total. The van der Waals surface area contributed by atoms with E-state index in [9.17, 15) is 19.2 Å². The molecule has 1 heterocycles. The van der Waals surface area contributed by atoms with Crippen LogP contribution in [-0.2, 0) is 19.1 Å². The van der Waals surface area contributed by atoms with Crippen LogP contribution in [0.2, 0.25) is 0 Å². The first-order chi connectivity index (χ1) is 13.3. The summed E-state index contributed by atoms with van der Waals surface area (Å²) < 4.78 is 5.19. The number of nitrogens with one attached hydrogen (secondary N) is 2. The molecule has 28 heavy (non-hydrogen) atoms. The molecule has 0 bridgehead atoms. The molecule has 156 valence electrons. The van der Waals surface area contributed by atoms with Gasteiger partial charge in [0.25, 0.3) is 5.91 Å². The maximum atomic E-state index is 13.0. The topological polar surface area (TPSA) is 105 Å². The molecule has 1 spiro atoms. The van der Waals surface area contributed by atoms with E-state index in [-0.39, 0.29) is 25.0 Å². The maximum Gasteiger partial charge on any atom is 0.331 e. The summed E-state index contributed by atoms with van der Waals surface area (Å²) in [6, 6.07) is -0.525. The van der Waals surface area contributed by atoms with Crippen molar-refractivity contribution in [3.05, 3.63) is 0 Å². The summed E-state index contributed by atoms with van der Waals surface area (Å²) in [5, 5.41) is 5.65. The Balaban J connectivity index is 1.70. The molecule has 3 fully saturated rings. The number of nitrogens with zero attached hydrogens (tertiary/aromatic N) is 1. The Labute approximate surface area is 165 Å². The van der Waals surface area contributed by atoms with E-state index in [4.69, 9.17) is 4.74 Å². The highest BCUT2D eigenvalue weighted by atomic mass is 16.5. The Morgan fingerprint density at radius 2 is 1.82 bits per heavy atom. The lowest BCUT2D eigenvalue weighted by Gasteiger charge is -2.37. The maximum absolute atomic E-state index is 13.0. The van der Waals surface area contributed by atoms with Crippen LogP contribution in [0.25, 0.3) is 0 Å². The summed E-state index contributed by atoms with van der Waals surface area (Å²) >= 11 is 0. The van der Waals surface area contributed by atoms with Gasteiger partial charge in [0.2, 0.25) is 5.91 Å². The minimum absolute atomic E-state index is 0.0370. The predicted molar refractivity (Wildman–Crippen MR) is 101 cm³/mol. The summed E-state index contributed by atoms with van der Waals surface area (Å²) in [6.45, 7) is 3.57. The van der Waals surface area contributed by atoms with E-state index >= 15 is 0 Å². The molecule has 3 aliphatic rings. The number of rotatable bonds is 5. The first-order valence-corrected chi connectivity index (χ1v) is 10.5. The summed E-state index contributed by atoms with van der Waals surface area (Å²) in [7, 11) is 0. The molecule has 0 aromatic carbocycles. The molecule has 2 N–H and O–H groups in total. The van der Waals surface area contributed by atoms with Crippen molar-refractivity contribution in [3.63, 3.8) is 0 Å². The van der Waals surface area contributed by atoms with E-state index in [1.807, 2.05) is 6.92 Å². The number of ether oxygens (including phenoxy) is 1. The van der Waals surface area contributed by atoms with Gasteiger partial charge in [-0.05, 0) is 38.5 Å². The van der Waals surface area contributed by atoms with Crippen molar-refractivity contribution in [3.8, 4) is 0 Å². The van der Waals surface area contributed by atoms with Gasteiger partial charge in [0, 0.05) is 0 Å². The van der Waals surface area contributed by atoms with Gasteiger partial charge in [0.1, 0.15) is 17.6 Å². The monoisotopic (exact) mass is 393 g/mol. The highest BCUT2D eigenvalue weighted by molar-refractivity contribution is 6.09. The van der Waals surface area contributed by atoms with Crippen LogP contribution in [0.4, 0.5) is 4.79 Å². The van der Waals surface area contributed by atoms with Crippen LogP contribution in [0, 0.1) is 5.92 Å². The van der Waals surface area contributed by atoms with Gasteiger partial charge in [-0.15, -0.1) is 0 Å². The number of imide groups is 1. The number of hydrogen-bond donors (Lipinski definition) is 2. The van der Waals surface area contributed by atoms with Gasteiger partial charge in [0.15, 0.2) is 0 Å². The zero-order chi connectivity index (χ0) is 20.4. The van der Waals surface area contributed by atoms with Crippen LogP contribution in [0.15, 0.2) is 0 Å². The number of hydrogen-bond acceptors (Lipinski definition) is 5. The van der Waals surface area contributed by atoms with E-state index in [0.29, 0.717) is 19.3 Å². The molecule has 4 amide bonds. The van der Waals surface area contributed by atoms with E-state index in [2.05, 4.69) is 10.6 Å². The van der Waals surface area contributed by atoms with Crippen molar-refractivity contribution in [1.82, 2.24) is 15.5 Å². The van der Waals surface area contributed by atoms with Crippen LogP contribution in [0.1, 0.15) is 71.6 Å². The second-order valence-electron chi connectivity index (χ2n) is 8.35. The van der Waals surface area contributed by atoms with Crippen LogP contribution in [0.3, 0.4) is 0 Å². The third-order valence-corrected chi connectivity index (χ3v) is 6.56. The first-order valence-electron chi connectivity index (χ1n) is 10.5. The van der Waals surface area contributed by atoms with Gasteiger partial charge in [-0.25, -0.2) is 9.59 Å². The number of urea groups is 1. The zero-order valence-corrected chi connectivity index (χ0v) is 16.8. The smallest absolute Gasteiger partial charge is 0.331 e. The van der Waals surface area contributed by atoms with Gasteiger partial charge >= 0.3 is 12.0 Å². The average Bonchev–Trinajstić information content (AvgIpc) is 2.90. The average molecular weight is 393 g/mol. The van der Waals surface area contributed by atoms with E-state index in [1.54, 1.807) is 6.92 Å². The normalized spacial score (nSPS) is 29.5. The molecular formula is C20H31N3O5. The molecule has 1 aliphatic heterocycles. The zero-order valence-electron chi connectivity index (χ0n) is 16.8. The predicted octanol–water partition coefficient (Wildman–Crippen LogP) is 1.87. The second kappa shape index (κ2) is 8.09. The highest BCUT2D eigenvalue weighted by Crippen LogP contribution is 2.38. The lowest BCUT2D eigenvalue weighted by atomic mass is 9.73. The van der Waals surface area contributed by atoms with Gasteiger partial charge in [-0.2, -0.15) is 0 Å². The molecule has 2 saturated carbocycles. The fourth-order valence-electron chi connectivity index (χ4n) is 4.89. The molecule has 2 atom stereocenters. The summed E-state index contributed by atoms with van der Waals surface area (Å²) in [6.07, 6.45) is 7.06. The lowest BCUT2D eigenvalue weighted by molar-refractivity contribution is -0.155. The molecular weight excluding hydrogens is 362 g/mol. The number of carbonyl (C=O) groups excluding carboxylic acids is 4. The highest BCUT2D eigenvalue weighted by Gasteiger charge is 2.55. The molecule has 3 rings (SSSR count). The first kappa shape index (κ1) is 20.6. The van der Waals surface area contributed by atoms with Gasteiger partial charge in [0.05, 0.1) is 6.61 Å². The Morgan fingerprint density at radius 1 is 1.14 bits per heavy atom. The second-order valence-corrected chi connectivity index (χ2v) is 8.35. The largest absolute Gasteiger partial charge is 0.464 e. The van der Waals surface area contributed by atoms with Gasteiger partial charge in [-0.1, -0.05) is 39.0 Å². The van der Waals surface area contributed by atoms with E-state index in [1.165, 1.54) is 0 Å². The van der Waals surface area contributed by atoms with Crippen molar-refractivity contribution in [2.45, 2.75) is 82.7 Å². The third kappa shape index (κ3) is 3.61. The molecule has 8 heteroatoms. The standard InChI is InChI=1S/C20H31N3O5/c1-3-28-17(26)19(10-6-4-7-11-19)21-15(24)13-23-16(25)20(22-18(23)27)12-8-5-9-14(20)2/h14H,3-13H2,1-2H3,(H,21,24)(H,22,27)/t14-,20+/m1/s1. The Morgan fingerprint density at radius 3 is 2.46 bits per heavy atom. The Bertz CT molecular complexity index is 658. The summed E-state index contributed by atoms with van der Waals surface area (Å²) in [5.74, 6) is -1.22. The quantitative estimate of drug-likeness (QED) is 0.548. The van der Waals surface area contributed by atoms with Crippen molar-refractivity contribution >= 4 is 23.8 Å². The van der Waals surface area contributed by atoms with Crippen LogP contribution < -0.4 is 10.6 Å². The fraction of sp³-hybridized carbons (Fsp3) is 0.800. The fourth-order valence-corrected chi connectivity index (χ4v) is 4.89. The minimum atomic E-state index is -1.06. The van der Waals surface area contributed by atoms with Crippen molar-refractivity contribution in [2.75, 3.05) is 13.2 Å². The van der Waals surface area contributed by atoms with Crippen LogP contribution >= 0.6 is 0 Å². The number of carbonyl (C=O) groups is 4. The van der Waals surface area contributed by atoms with Crippen LogP contribution in [-0.4, -0.2) is 52.9 Å². The SMILES string of the molecule is CCOC(=O)C1(NC(=O)CN2C(=O)N[C@]3(CCCC[C@H]3C)C2=O)CCCCC1. The Hall–Kier alpha value is -2.12. The van der Waals surface area contributed by atoms with Gasteiger partial charge < -0.3 is 15.4 Å². The molecule has 0 radical (unpaired) electrons. The molecule has 0 aromatic heterocycles. The van der Waals surface area contributed by atoms with Crippen molar-refractivity contribution in [1.29, 1.82) is 0 Å².